The topological polar surface area (TPSA) is 63.7 Å². The lowest BCUT2D eigenvalue weighted by Gasteiger charge is -2.34. The average molecular weight is 449 g/mol. The molecule has 1 fully saturated rings. The molecule has 1 amide bonds. The summed E-state index contributed by atoms with van der Waals surface area (Å²) in [6, 6.07) is 5.94. The Labute approximate surface area is 184 Å². The molecule has 2 aliphatic rings. The predicted octanol–water partition coefficient (Wildman–Crippen LogP) is 4.68. The number of anilines is 2. The van der Waals surface area contributed by atoms with Crippen LogP contribution in [0.3, 0.4) is 0 Å². The highest BCUT2D eigenvalue weighted by molar-refractivity contribution is 5.95. The van der Waals surface area contributed by atoms with Gasteiger partial charge in [0.15, 0.2) is 0 Å². The molecule has 1 aromatic heterocycles. The summed E-state index contributed by atoms with van der Waals surface area (Å²) < 4.78 is 51.8. The number of rotatable bonds is 5. The monoisotopic (exact) mass is 449 g/mol. The van der Waals surface area contributed by atoms with Gasteiger partial charge in [-0.25, -0.2) is 4.98 Å². The van der Waals surface area contributed by atoms with Gasteiger partial charge in [-0.3, -0.25) is 4.79 Å². The molecule has 2 unspecified atom stereocenters. The maximum atomic E-state index is 13.4. The van der Waals surface area contributed by atoms with Crippen LogP contribution in [0.1, 0.15) is 37.8 Å². The molecule has 2 atom stereocenters. The van der Waals surface area contributed by atoms with Gasteiger partial charge in [0.2, 0.25) is 5.91 Å². The van der Waals surface area contributed by atoms with E-state index in [9.17, 15) is 18.0 Å². The zero-order valence-corrected chi connectivity index (χ0v) is 18.0. The number of carbonyl (C=O) groups excluding carboxylic acids is 1. The number of carbonyl (C=O) groups is 1. The molecule has 9 heteroatoms. The van der Waals surface area contributed by atoms with Crippen LogP contribution in [-0.4, -0.2) is 36.7 Å². The van der Waals surface area contributed by atoms with E-state index in [-0.39, 0.29) is 24.4 Å². The van der Waals surface area contributed by atoms with Crippen molar-refractivity contribution in [3.63, 3.8) is 0 Å². The van der Waals surface area contributed by atoms with Crippen LogP contribution in [0.15, 0.2) is 30.5 Å². The number of pyridine rings is 1. The molecule has 3 heterocycles. The second-order valence-corrected chi connectivity index (χ2v) is 8.17. The Morgan fingerprint density at radius 2 is 2.19 bits per heavy atom. The zero-order chi connectivity index (χ0) is 22.9. The minimum absolute atomic E-state index is 0.0542. The minimum atomic E-state index is -4.51. The molecular weight excluding hydrogens is 423 g/mol. The van der Waals surface area contributed by atoms with E-state index in [4.69, 9.17) is 9.47 Å². The summed E-state index contributed by atoms with van der Waals surface area (Å²) in [5.74, 6) is 0.409. The predicted molar refractivity (Wildman–Crippen MR) is 114 cm³/mol. The molecule has 0 saturated carbocycles. The fourth-order valence-corrected chi connectivity index (χ4v) is 4.30. The van der Waals surface area contributed by atoms with E-state index < -0.39 is 17.7 Å². The van der Waals surface area contributed by atoms with E-state index >= 15 is 0 Å². The number of halogens is 3. The van der Waals surface area contributed by atoms with Gasteiger partial charge in [0.1, 0.15) is 23.4 Å². The number of nitrogens with one attached hydrogen (secondary N) is 1. The van der Waals surface area contributed by atoms with Crippen molar-refractivity contribution in [3.05, 3.63) is 41.6 Å². The van der Waals surface area contributed by atoms with E-state index in [2.05, 4.69) is 10.3 Å². The van der Waals surface area contributed by atoms with E-state index in [1.807, 2.05) is 19.9 Å². The Kier molecular flexibility index (Phi) is 6.17. The van der Waals surface area contributed by atoms with Crippen LogP contribution in [0.4, 0.5) is 24.7 Å². The highest BCUT2D eigenvalue weighted by atomic mass is 19.4. The molecule has 1 N–H and O–H groups in total. The Bertz CT molecular complexity index is 996. The fourth-order valence-electron chi connectivity index (χ4n) is 4.30. The fraction of sp³-hybridized carbons (Fsp3) is 0.478. The minimum Gasteiger partial charge on any atom is -0.492 e. The molecule has 172 valence electrons. The molecule has 1 aromatic carbocycles. The van der Waals surface area contributed by atoms with E-state index in [0.29, 0.717) is 43.2 Å². The average Bonchev–Trinajstić information content (AvgIpc) is 3.12. The highest BCUT2D eigenvalue weighted by Gasteiger charge is 2.37. The van der Waals surface area contributed by atoms with Gasteiger partial charge in [0.25, 0.3) is 0 Å². The number of fused-ring (bicyclic) bond motifs is 1. The third-order valence-corrected chi connectivity index (χ3v) is 5.74. The standard InChI is InChI=1S/C23H26F3N3O3/c1-3-31-20-11-16-10-14(2)32-19(16)12-18(20)28-22(30)15-6-5-9-29(13-15)21-17(23(24,25)26)7-4-8-27-21/h4,7-8,11-12,14-15H,3,5-6,9-10,13H2,1-2H3,(H,28,30). The Balaban J connectivity index is 1.52. The highest BCUT2D eigenvalue weighted by Crippen LogP contribution is 2.39. The van der Waals surface area contributed by atoms with Gasteiger partial charge < -0.3 is 19.7 Å². The van der Waals surface area contributed by atoms with Crippen LogP contribution in [0.25, 0.3) is 0 Å². The van der Waals surface area contributed by atoms with Crippen molar-refractivity contribution >= 4 is 17.4 Å². The molecule has 2 aromatic rings. The van der Waals surface area contributed by atoms with Gasteiger partial charge in [-0.1, -0.05) is 0 Å². The number of hydrogen-bond acceptors (Lipinski definition) is 5. The summed E-state index contributed by atoms with van der Waals surface area (Å²) in [5.41, 5.74) is 0.748. The zero-order valence-electron chi connectivity index (χ0n) is 18.0. The number of ether oxygens (including phenoxy) is 2. The van der Waals surface area contributed by atoms with Crippen molar-refractivity contribution in [2.75, 3.05) is 29.9 Å². The first-order valence-corrected chi connectivity index (χ1v) is 10.8. The van der Waals surface area contributed by atoms with Crippen LogP contribution < -0.4 is 19.7 Å². The molecule has 32 heavy (non-hydrogen) atoms. The van der Waals surface area contributed by atoms with Crippen molar-refractivity contribution in [1.82, 2.24) is 4.98 Å². The molecule has 0 aliphatic carbocycles. The summed E-state index contributed by atoms with van der Waals surface area (Å²) in [4.78, 5) is 18.6. The summed E-state index contributed by atoms with van der Waals surface area (Å²) in [5, 5.41) is 2.91. The summed E-state index contributed by atoms with van der Waals surface area (Å²) in [7, 11) is 0. The van der Waals surface area contributed by atoms with Crippen LogP contribution in [0, 0.1) is 5.92 Å². The quantitative estimate of drug-likeness (QED) is 0.718. The van der Waals surface area contributed by atoms with Gasteiger partial charge >= 0.3 is 6.18 Å². The second kappa shape index (κ2) is 8.88. The molecule has 0 spiro atoms. The number of alkyl halides is 3. The SMILES string of the molecule is CCOc1cc2c(cc1NC(=O)C1CCCN(c3ncccc3C(F)(F)F)C1)OC(C)C2. The second-order valence-electron chi connectivity index (χ2n) is 8.17. The maximum Gasteiger partial charge on any atom is 0.419 e. The van der Waals surface area contributed by atoms with Crippen LogP contribution in [-0.2, 0) is 17.4 Å². The number of amides is 1. The van der Waals surface area contributed by atoms with Crippen molar-refractivity contribution in [2.24, 2.45) is 5.92 Å². The lowest BCUT2D eigenvalue weighted by atomic mass is 9.96. The summed E-state index contributed by atoms with van der Waals surface area (Å²) in [6.07, 6.45) is -1.17. The molecule has 2 aliphatic heterocycles. The van der Waals surface area contributed by atoms with Gasteiger partial charge in [-0.05, 0) is 44.9 Å². The summed E-state index contributed by atoms with van der Waals surface area (Å²) >= 11 is 0. The molecule has 0 radical (unpaired) electrons. The molecule has 0 bridgehead atoms. The first-order valence-electron chi connectivity index (χ1n) is 10.8. The number of piperidine rings is 1. The number of hydrogen-bond donors (Lipinski definition) is 1. The van der Waals surface area contributed by atoms with Gasteiger partial charge in [-0.15, -0.1) is 0 Å². The van der Waals surface area contributed by atoms with E-state index in [0.717, 1.165) is 18.1 Å². The molecule has 6 nitrogen and oxygen atoms in total. The third-order valence-electron chi connectivity index (χ3n) is 5.74. The van der Waals surface area contributed by atoms with Gasteiger partial charge in [0, 0.05) is 37.3 Å². The van der Waals surface area contributed by atoms with E-state index in [1.165, 1.54) is 12.3 Å². The number of nitrogens with zero attached hydrogens (tertiary/aromatic N) is 2. The van der Waals surface area contributed by atoms with Crippen molar-refractivity contribution < 1.29 is 27.4 Å². The third kappa shape index (κ3) is 4.61. The maximum absolute atomic E-state index is 13.4. The Hall–Kier alpha value is -2.97. The molecule has 1 saturated heterocycles. The largest absolute Gasteiger partial charge is 0.492 e. The number of benzene rings is 1. The first kappa shape index (κ1) is 22.2. The molecular formula is C23H26F3N3O3. The smallest absolute Gasteiger partial charge is 0.419 e. The lowest BCUT2D eigenvalue weighted by molar-refractivity contribution is -0.137. The van der Waals surface area contributed by atoms with Crippen LogP contribution in [0.5, 0.6) is 11.5 Å². The lowest BCUT2D eigenvalue weighted by Crippen LogP contribution is -2.42. The molecule has 4 rings (SSSR count). The number of aromatic nitrogens is 1. The van der Waals surface area contributed by atoms with Crippen LogP contribution >= 0.6 is 0 Å². The van der Waals surface area contributed by atoms with Crippen molar-refractivity contribution in [2.45, 2.75) is 45.4 Å². The van der Waals surface area contributed by atoms with Crippen molar-refractivity contribution in [3.8, 4) is 11.5 Å². The summed E-state index contributed by atoms with van der Waals surface area (Å²) in [6.45, 7) is 4.85. The normalized spacial score (nSPS) is 20.5. The van der Waals surface area contributed by atoms with Gasteiger partial charge in [-0.2, -0.15) is 13.2 Å². The van der Waals surface area contributed by atoms with Gasteiger partial charge in [0.05, 0.1) is 23.8 Å². The van der Waals surface area contributed by atoms with E-state index in [1.54, 1.807) is 11.0 Å². The van der Waals surface area contributed by atoms with Crippen LogP contribution in [0.2, 0.25) is 0 Å². The van der Waals surface area contributed by atoms with Crippen molar-refractivity contribution in [1.29, 1.82) is 0 Å². The Morgan fingerprint density at radius 3 is 2.94 bits per heavy atom. The first-order chi connectivity index (χ1) is 15.3. The Morgan fingerprint density at radius 1 is 1.38 bits per heavy atom.